The second kappa shape index (κ2) is 8.88. The van der Waals surface area contributed by atoms with Crippen molar-refractivity contribution in [2.24, 2.45) is 0 Å². The molecule has 0 heterocycles. The van der Waals surface area contributed by atoms with Crippen LogP contribution in [0.15, 0.2) is 48.5 Å². The predicted molar refractivity (Wildman–Crippen MR) is 88.4 cm³/mol. The van der Waals surface area contributed by atoms with Crippen LogP contribution in [-0.4, -0.2) is 30.2 Å². The van der Waals surface area contributed by atoms with Crippen LogP contribution < -0.4 is 14.8 Å². The summed E-state index contributed by atoms with van der Waals surface area (Å²) in [4.78, 5) is 21.9. The molecule has 0 unspecified atom stereocenters. The predicted octanol–water partition coefficient (Wildman–Crippen LogP) is 3.23. The molecule has 144 valence electrons. The van der Waals surface area contributed by atoms with Crippen LogP contribution in [0.4, 0.5) is 18.9 Å². The van der Waals surface area contributed by atoms with Gasteiger partial charge >= 0.3 is 6.18 Å². The molecular weight excluding hydrogens is 369 g/mol. The van der Waals surface area contributed by atoms with Gasteiger partial charge in [-0.2, -0.15) is 13.2 Å². The quantitative estimate of drug-likeness (QED) is 0.557. The van der Waals surface area contributed by atoms with E-state index in [4.69, 9.17) is 4.74 Å². The number of nitrogens with zero attached hydrogens (tertiary/aromatic N) is 1. The Labute approximate surface area is 151 Å². The number of nitro benzene ring substituents is 1. The van der Waals surface area contributed by atoms with Crippen molar-refractivity contribution in [3.63, 3.8) is 0 Å². The molecule has 0 aliphatic heterocycles. The molecule has 1 N–H and O–H groups in total. The van der Waals surface area contributed by atoms with E-state index in [1.54, 1.807) is 0 Å². The van der Waals surface area contributed by atoms with E-state index in [1.807, 2.05) is 0 Å². The van der Waals surface area contributed by atoms with Gasteiger partial charge in [0.05, 0.1) is 11.0 Å². The first kappa shape index (κ1) is 20.0. The van der Waals surface area contributed by atoms with Crippen LogP contribution in [0, 0.1) is 10.1 Å². The highest BCUT2D eigenvalue weighted by Gasteiger charge is 2.28. The van der Waals surface area contributed by atoms with E-state index in [2.05, 4.69) is 10.1 Å². The van der Waals surface area contributed by atoms with Gasteiger partial charge < -0.3 is 14.8 Å². The zero-order valence-corrected chi connectivity index (χ0v) is 13.9. The topological polar surface area (TPSA) is 90.7 Å². The number of rotatable bonds is 8. The van der Waals surface area contributed by atoms with E-state index in [-0.39, 0.29) is 30.3 Å². The zero-order valence-electron chi connectivity index (χ0n) is 13.9. The average Bonchev–Trinajstić information content (AvgIpc) is 2.63. The summed E-state index contributed by atoms with van der Waals surface area (Å²) in [6.07, 6.45) is -4.41. The largest absolute Gasteiger partial charge is 0.484 e. The van der Waals surface area contributed by atoms with Gasteiger partial charge in [0.15, 0.2) is 13.2 Å². The molecule has 27 heavy (non-hydrogen) atoms. The first-order chi connectivity index (χ1) is 12.7. The van der Waals surface area contributed by atoms with Gasteiger partial charge in [-0.25, -0.2) is 0 Å². The number of hydrogen-bond donors (Lipinski definition) is 1. The van der Waals surface area contributed by atoms with Crippen LogP contribution in [-0.2, 0) is 11.3 Å². The number of nitrogens with one attached hydrogen (secondary N) is 1. The van der Waals surface area contributed by atoms with Crippen molar-refractivity contribution < 1.29 is 32.4 Å². The maximum absolute atomic E-state index is 12.1. The number of hydrogen-bond acceptors (Lipinski definition) is 5. The first-order valence-corrected chi connectivity index (χ1v) is 7.65. The Bertz CT molecular complexity index is 794. The lowest BCUT2D eigenvalue weighted by atomic mass is 10.2. The fourth-order valence-electron chi connectivity index (χ4n) is 1.96. The number of carbonyl (C=O) groups excluding carboxylic acids is 1. The van der Waals surface area contributed by atoms with Gasteiger partial charge in [0, 0.05) is 12.6 Å². The van der Waals surface area contributed by atoms with Crippen LogP contribution in [0.3, 0.4) is 0 Å². The number of non-ortho nitro benzene ring substituents is 1. The van der Waals surface area contributed by atoms with Crippen molar-refractivity contribution in [3.8, 4) is 11.5 Å². The molecule has 0 atom stereocenters. The number of benzene rings is 2. The van der Waals surface area contributed by atoms with Gasteiger partial charge in [-0.1, -0.05) is 18.2 Å². The molecule has 7 nitrogen and oxygen atoms in total. The Morgan fingerprint density at radius 3 is 2.41 bits per heavy atom. The lowest BCUT2D eigenvalue weighted by Gasteiger charge is -2.10. The normalized spacial score (nSPS) is 10.9. The number of carbonyl (C=O) groups is 1. The molecule has 0 spiro atoms. The number of nitro groups is 1. The van der Waals surface area contributed by atoms with Crippen molar-refractivity contribution in [1.29, 1.82) is 0 Å². The Hall–Kier alpha value is -3.30. The van der Waals surface area contributed by atoms with Crippen molar-refractivity contribution >= 4 is 11.6 Å². The molecular formula is C17H15F3N2O5. The zero-order chi connectivity index (χ0) is 19.9. The Morgan fingerprint density at radius 2 is 1.78 bits per heavy atom. The molecule has 0 aromatic heterocycles. The third-order valence-electron chi connectivity index (χ3n) is 3.21. The molecule has 0 saturated carbocycles. The summed E-state index contributed by atoms with van der Waals surface area (Å²) in [6, 6.07) is 11.2. The molecule has 10 heteroatoms. The van der Waals surface area contributed by atoms with Gasteiger partial charge in [-0.15, -0.1) is 0 Å². The Kier molecular flexibility index (Phi) is 6.58. The van der Waals surface area contributed by atoms with Gasteiger partial charge in [0.2, 0.25) is 0 Å². The number of halogens is 3. The minimum absolute atomic E-state index is 0.0661. The standard InChI is InChI=1S/C17H15F3N2O5/c18-17(19,20)11-27-14-6-4-12(5-7-14)9-21-16(23)10-26-15-3-1-2-13(8-15)22(24)25/h1-8H,9-11H2,(H,21,23). The molecule has 2 aromatic rings. The van der Waals surface area contributed by atoms with Gasteiger partial charge in [0.25, 0.3) is 11.6 Å². The minimum Gasteiger partial charge on any atom is -0.484 e. The van der Waals surface area contributed by atoms with E-state index in [9.17, 15) is 28.1 Å². The number of amides is 1. The van der Waals surface area contributed by atoms with Crippen molar-refractivity contribution in [3.05, 3.63) is 64.2 Å². The summed E-state index contributed by atoms with van der Waals surface area (Å²) in [7, 11) is 0. The summed E-state index contributed by atoms with van der Waals surface area (Å²) in [6.45, 7) is -1.58. The van der Waals surface area contributed by atoms with Gasteiger partial charge in [0.1, 0.15) is 11.5 Å². The average molecular weight is 384 g/mol. The van der Waals surface area contributed by atoms with E-state index in [0.717, 1.165) is 0 Å². The SMILES string of the molecule is O=C(COc1cccc([N+](=O)[O-])c1)NCc1ccc(OCC(F)(F)F)cc1. The van der Waals surface area contributed by atoms with Gasteiger partial charge in [-0.05, 0) is 23.8 Å². The first-order valence-electron chi connectivity index (χ1n) is 7.65. The van der Waals surface area contributed by atoms with Gasteiger partial charge in [-0.3, -0.25) is 14.9 Å². The second-order valence-electron chi connectivity index (χ2n) is 5.37. The molecule has 2 rings (SSSR count). The monoisotopic (exact) mass is 384 g/mol. The summed E-state index contributed by atoms with van der Waals surface area (Å²) in [5.74, 6) is -0.208. The van der Waals surface area contributed by atoms with Crippen LogP contribution in [0.1, 0.15) is 5.56 Å². The maximum Gasteiger partial charge on any atom is 0.422 e. The Balaban J connectivity index is 1.77. The molecule has 0 aliphatic rings. The molecule has 0 aliphatic carbocycles. The van der Waals surface area contributed by atoms with Crippen molar-refractivity contribution in [2.75, 3.05) is 13.2 Å². The molecule has 0 radical (unpaired) electrons. The highest BCUT2D eigenvalue weighted by molar-refractivity contribution is 5.77. The van der Waals surface area contributed by atoms with Crippen LogP contribution >= 0.6 is 0 Å². The van der Waals surface area contributed by atoms with Crippen molar-refractivity contribution in [1.82, 2.24) is 5.32 Å². The summed E-state index contributed by atoms with van der Waals surface area (Å²) < 4.78 is 46.0. The highest BCUT2D eigenvalue weighted by atomic mass is 19.4. The van der Waals surface area contributed by atoms with Crippen LogP contribution in [0.5, 0.6) is 11.5 Å². The Morgan fingerprint density at radius 1 is 1.07 bits per heavy atom. The summed E-state index contributed by atoms with van der Waals surface area (Å²) in [5, 5.41) is 13.2. The third-order valence-corrected chi connectivity index (χ3v) is 3.21. The molecule has 1 amide bonds. The van der Waals surface area contributed by atoms with Crippen LogP contribution in [0.25, 0.3) is 0 Å². The molecule has 0 fully saturated rings. The highest BCUT2D eigenvalue weighted by Crippen LogP contribution is 2.20. The van der Waals surface area contributed by atoms with E-state index >= 15 is 0 Å². The fraction of sp³-hybridized carbons (Fsp3) is 0.235. The number of ether oxygens (including phenoxy) is 2. The van der Waals surface area contributed by atoms with E-state index < -0.39 is 23.6 Å². The fourth-order valence-corrected chi connectivity index (χ4v) is 1.96. The maximum atomic E-state index is 12.1. The minimum atomic E-state index is -4.41. The smallest absolute Gasteiger partial charge is 0.422 e. The summed E-state index contributed by atoms with van der Waals surface area (Å²) >= 11 is 0. The lowest BCUT2D eigenvalue weighted by Crippen LogP contribution is -2.28. The lowest BCUT2D eigenvalue weighted by molar-refractivity contribution is -0.384. The van der Waals surface area contributed by atoms with Crippen LogP contribution in [0.2, 0.25) is 0 Å². The molecule has 0 saturated heterocycles. The second-order valence-corrected chi connectivity index (χ2v) is 5.37. The molecule has 2 aromatic carbocycles. The van der Waals surface area contributed by atoms with Crippen molar-refractivity contribution in [2.45, 2.75) is 12.7 Å². The summed E-state index contributed by atoms with van der Waals surface area (Å²) in [5.41, 5.74) is 0.499. The molecule has 0 bridgehead atoms. The van der Waals surface area contributed by atoms with E-state index in [1.165, 1.54) is 48.5 Å². The van der Waals surface area contributed by atoms with E-state index in [0.29, 0.717) is 5.56 Å². The third kappa shape index (κ3) is 7.22. The number of alkyl halides is 3.